The highest BCUT2D eigenvalue weighted by atomic mass is 16.6. The van der Waals surface area contributed by atoms with Gasteiger partial charge in [-0.25, -0.2) is 4.79 Å². The number of nitrogen functional groups attached to an aromatic ring is 1. The van der Waals surface area contributed by atoms with E-state index < -0.39 is 5.97 Å². The van der Waals surface area contributed by atoms with Crippen LogP contribution in [0.5, 0.6) is 11.5 Å². The minimum Gasteiger partial charge on any atom is -0.485 e. The minimum atomic E-state index is -0.499. The molecule has 0 saturated carbocycles. The zero-order valence-corrected chi connectivity index (χ0v) is 9.70. The first-order chi connectivity index (χ1) is 8.19. The molecule has 0 aromatic heterocycles. The Morgan fingerprint density at radius 3 is 2.65 bits per heavy atom. The van der Waals surface area contributed by atoms with Gasteiger partial charge in [0.05, 0.1) is 12.8 Å². The van der Waals surface area contributed by atoms with Gasteiger partial charge < -0.3 is 25.3 Å². The van der Waals surface area contributed by atoms with E-state index in [1.165, 1.54) is 13.2 Å². The molecule has 6 heteroatoms. The smallest absolute Gasteiger partial charge is 0.341 e. The van der Waals surface area contributed by atoms with Crippen molar-refractivity contribution in [3.05, 3.63) is 11.6 Å². The zero-order valence-electron chi connectivity index (χ0n) is 9.70. The second-order valence-corrected chi connectivity index (χ2v) is 3.49. The van der Waals surface area contributed by atoms with Crippen LogP contribution in [0.15, 0.2) is 6.07 Å². The SMILES string of the molecule is CNc1c(N)cc(C(=O)OC)c2c1OCCO2. The van der Waals surface area contributed by atoms with Gasteiger partial charge in [-0.1, -0.05) is 0 Å². The van der Waals surface area contributed by atoms with Gasteiger partial charge in [-0.3, -0.25) is 0 Å². The molecule has 1 aliphatic heterocycles. The number of benzene rings is 1. The third-order valence-electron chi connectivity index (χ3n) is 2.50. The van der Waals surface area contributed by atoms with Gasteiger partial charge in [0.2, 0.25) is 0 Å². The van der Waals surface area contributed by atoms with Crippen LogP contribution in [0.4, 0.5) is 11.4 Å². The van der Waals surface area contributed by atoms with Gasteiger partial charge in [-0.2, -0.15) is 0 Å². The molecule has 92 valence electrons. The molecule has 1 aliphatic rings. The fourth-order valence-corrected chi connectivity index (χ4v) is 1.75. The summed E-state index contributed by atoms with van der Waals surface area (Å²) in [5, 5.41) is 2.93. The number of esters is 1. The molecule has 17 heavy (non-hydrogen) atoms. The molecule has 1 aromatic carbocycles. The molecule has 0 spiro atoms. The lowest BCUT2D eigenvalue weighted by molar-refractivity contribution is 0.0590. The lowest BCUT2D eigenvalue weighted by atomic mass is 10.1. The summed E-state index contributed by atoms with van der Waals surface area (Å²) in [5.74, 6) is 0.335. The van der Waals surface area contributed by atoms with Crippen LogP contribution in [0, 0.1) is 0 Å². The molecule has 0 saturated heterocycles. The van der Waals surface area contributed by atoms with Gasteiger partial charge in [-0.15, -0.1) is 0 Å². The van der Waals surface area contributed by atoms with E-state index in [2.05, 4.69) is 10.1 Å². The van der Waals surface area contributed by atoms with Gasteiger partial charge in [0.15, 0.2) is 11.5 Å². The first kappa shape index (κ1) is 11.4. The third kappa shape index (κ3) is 1.82. The molecule has 0 aliphatic carbocycles. The number of nitrogens with two attached hydrogens (primary N) is 1. The van der Waals surface area contributed by atoms with Crippen LogP contribution in [0.25, 0.3) is 0 Å². The van der Waals surface area contributed by atoms with Crippen molar-refractivity contribution in [2.75, 3.05) is 38.4 Å². The van der Waals surface area contributed by atoms with E-state index in [-0.39, 0.29) is 5.56 Å². The Hall–Kier alpha value is -2.11. The van der Waals surface area contributed by atoms with Gasteiger partial charge in [-0.05, 0) is 6.07 Å². The number of fused-ring (bicyclic) bond motifs is 1. The number of nitrogens with one attached hydrogen (secondary N) is 1. The summed E-state index contributed by atoms with van der Waals surface area (Å²) in [7, 11) is 3.03. The molecule has 2 rings (SSSR count). The molecule has 0 atom stereocenters. The van der Waals surface area contributed by atoms with E-state index >= 15 is 0 Å². The second kappa shape index (κ2) is 4.40. The topological polar surface area (TPSA) is 82.8 Å². The van der Waals surface area contributed by atoms with E-state index in [1.54, 1.807) is 7.05 Å². The lowest BCUT2D eigenvalue weighted by Crippen LogP contribution is -2.20. The maximum atomic E-state index is 11.6. The van der Waals surface area contributed by atoms with Crippen LogP contribution < -0.4 is 20.5 Å². The fourth-order valence-electron chi connectivity index (χ4n) is 1.75. The summed E-state index contributed by atoms with van der Waals surface area (Å²) in [6, 6.07) is 1.52. The monoisotopic (exact) mass is 238 g/mol. The Labute approximate surface area is 98.6 Å². The molecule has 1 heterocycles. The molecular weight excluding hydrogens is 224 g/mol. The van der Waals surface area contributed by atoms with E-state index in [9.17, 15) is 4.79 Å². The molecule has 0 radical (unpaired) electrons. The Kier molecular flexibility index (Phi) is 2.95. The summed E-state index contributed by atoms with van der Waals surface area (Å²) in [5.41, 5.74) is 7.15. The molecule has 0 unspecified atom stereocenters. The number of hydrogen-bond donors (Lipinski definition) is 2. The van der Waals surface area contributed by atoms with Crippen molar-refractivity contribution in [1.82, 2.24) is 0 Å². The Morgan fingerprint density at radius 1 is 1.41 bits per heavy atom. The maximum absolute atomic E-state index is 11.6. The first-order valence-electron chi connectivity index (χ1n) is 5.17. The van der Waals surface area contributed by atoms with E-state index in [1.807, 2.05) is 0 Å². The van der Waals surface area contributed by atoms with E-state index in [0.717, 1.165) is 0 Å². The highest BCUT2D eigenvalue weighted by Gasteiger charge is 2.26. The van der Waals surface area contributed by atoms with Gasteiger partial charge >= 0.3 is 5.97 Å². The highest BCUT2D eigenvalue weighted by molar-refractivity contribution is 5.98. The Morgan fingerprint density at radius 2 is 2.06 bits per heavy atom. The van der Waals surface area contributed by atoms with Crippen molar-refractivity contribution in [3.8, 4) is 11.5 Å². The molecule has 0 bridgehead atoms. The van der Waals surface area contributed by atoms with Crippen LogP contribution in [-0.4, -0.2) is 33.3 Å². The number of anilines is 2. The van der Waals surface area contributed by atoms with Crippen LogP contribution in [0.1, 0.15) is 10.4 Å². The largest absolute Gasteiger partial charge is 0.485 e. The van der Waals surface area contributed by atoms with E-state index in [4.69, 9.17) is 15.2 Å². The number of rotatable bonds is 2. The Balaban J connectivity index is 2.62. The lowest BCUT2D eigenvalue weighted by Gasteiger charge is -2.23. The van der Waals surface area contributed by atoms with Crippen molar-refractivity contribution in [1.29, 1.82) is 0 Å². The molecule has 1 aromatic rings. The predicted molar refractivity (Wildman–Crippen MR) is 62.7 cm³/mol. The van der Waals surface area contributed by atoms with Crippen LogP contribution >= 0.6 is 0 Å². The number of carbonyl (C=O) groups excluding carboxylic acids is 1. The zero-order chi connectivity index (χ0) is 12.4. The molecule has 3 N–H and O–H groups in total. The maximum Gasteiger partial charge on any atom is 0.341 e. The number of methoxy groups -OCH3 is 1. The van der Waals surface area contributed by atoms with Crippen molar-refractivity contribution in [3.63, 3.8) is 0 Å². The van der Waals surface area contributed by atoms with Crippen molar-refractivity contribution in [2.45, 2.75) is 0 Å². The van der Waals surface area contributed by atoms with Crippen molar-refractivity contribution in [2.24, 2.45) is 0 Å². The van der Waals surface area contributed by atoms with Crippen LogP contribution in [0.2, 0.25) is 0 Å². The average Bonchev–Trinajstić information content (AvgIpc) is 2.37. The average molecular weight is 238 g/mol. The molecular formula is C11H14N2O4. The summed E-state index contributed by atoms with van der Waals surface area (Å²) in [4.78, 5) is 11.6. The van der Waals surface area contributed by atoms with Gasteiger partial charge in [0.1, 0.15) is 24.5 Å². The van der Waals surface area contributed by atoms with Gasteiger partial charge in [0.25, 0.3) is 0 Å². The summed E-state index contributed by atoms with van der Waals surface area (Å²) < 4.78 is 15.6. The molecule has 0 amide bonds. The summed E-state index contributed by atoms with van der Waals surface area (Å²) in [6.07, 6.45) is 0. The van der Waals surface area contributed by atoms with Crippen LogP contribution in [0.3, 0.4) is 0 Å². The first-order valence-corrected chi connectivity index (χ1v) is 5.17. The summed E-state index contributed by atoms with van der Waals surface area (Å²) >= 11 is 0. The highest BCUT2D eigenvalue weighted by Crippen LogP contribution is 2.44. The van der Waals surface area contributed by atoms with Crippen molar-refractivity contribution >= 4 is 17.3 Å². The third-order valence-corrected chi connectivity index (χ3v) is 2.50. The summed E-state index contributed by atoms with van der Waals surface area (Å²) in [6.45, 7) is 0.815. The standard InChI is InChI=1S/C11H14N2O4/c1-13-8-7(12)5-6(11(14)15-2)9-10(8)17-4-3-16-9/h5,13H,3-4,12H2,1-2H3. The molecule has 0 fully saturated rings. The minimum absolute atomic E-state index is 0.277. The van der Waals surface area contributed by atoms with Crippen LogP contribution in [-0.2, 0) is 4.74 Å². The second-order valence-electron chi connectivity index (χ2n) is 3.49. The quantitative estimate of drug-likeness (QED) is 0.587. The van der Waals surface area contributed by atoms with Gasteiger partial charge in [0, 0.05) is 7.05 Å². The molecule has 6 nitrogen and oxygen atoms in total. The fraction of sp³-hybridized carbons (Fsp3) is 0.364. The number of hydrogen-bond acceptors (Lipinski definition) is 6. The van der Waals surface area contributed by atoms with Crippen molar-refractivity contribution < 1.29 is 19.0 Å². The number of ether oxygens (including phenoxy) is 3. The predicted octanol–water partition coefficient (Wildman–Crippen LogP) is 0.868. The Bertz CT molecular complexity index is 459. The van der Waals surface area contributed by atoms with E-state index in [0.29, 0.717) is 36.1 Å². The number of carbonyl (C=O) groups is 1. The normalized spacial score (nSPS) is 13.1.